The number of allylic oxidation sites excluding steroid dienone is 2. The van der Waals surface area contributed by atoms with E-state index in [1.807, 2.05) is 0 Å². The summed E-state index contributed by atoms with van der Waals surface area (Å²) in [4.78, 5) is 25.6. The van der Waals surface area contributed by atoms with Crippen LogP contribution in [0.2, 0.25) is 0 Å². The lowest BCUT2D eigenvalue weighted by atomic mass is 9.36. The van der Waals surface area contributed by atoms with Gasteiger partial charge in [-0.3, -0.25) is 9.59 Å². The topological polar surface area (TPSA) is 34.1 Å². The molecule has 0 aliphatic heterocycles. The van der Waals surface area contributed by atoms with Crippen LogP contribution in [0.15, 0.2) is 12.2 Å². The van der Waals surface area contributed by atoms with Crippen LogP contribution in [-0.4, -0.2) is 11.6 Å². The van der Waals surface area contributed by atoms with Gasteiger partial charge in [0, 0.05) is 22.7 Å². The van der Waals surface area contributed by atoms with E-state index in [2.05, 4.69) is 12.2 Å². The van der Waals surface area contributed by atoms with Gasteiger partial charge in [0.25, 0.3) is 0 Å². The van der Waals surface area contributed by atoms with Crippen molar-refractivity contribution in [2.45, 2.75) is 19.3 Å². The van der Waals surface area contributed by atoms with Crippen LogP contribution in [0.1, 0.15) is 19.3 Å². The first-order chi connectivity index (χ1) is 8.25. The molecule has 2 nitrogen and oxygen atoms in total. The molecule has 0 saturated heterocycles. The van der Waals surface area contributed by atoms with Crippen molar-refractivity contribution >= 4 is 11.6 Å². The highest BCUT2D eigenvalue weighted by Crippen LogP contribution is 2.91. The van der Waals surface area contributed by atoms with Gasteiger partial charge in [-0.15, -0.1) is 0 Å². The molecule has 6 rings (SSSR count). The Labute approximate surface area is 99.4 Å². The lowest BCUT2D eigenvalue weighted by Gasteiger charge is -2.64. The Morgan fingerprint density at radius 3 is 1.82 bits per heavy atom. The third-order valence-electron chi connectivity index (χ3n) is 7.63. The molecule has 0 amide bonds. The predicted octanol–water partition coefficient (Wildman–Crippen LogP) is 1.60. The highest BCUT2D eigenvalue weighted by molar-refractivity contribution is 6.11. The van der Waals surface area contributed by atoms with Crippen LogP contribution in [0.4, 0.5) is 0 Å². The molecule has 2 bridgehead atoms. The van der Waals surface area contributed by atoms with Gasteiger partial charge in [0.15, 0.2) is 0 Å². The second-order valence-electron chi connectivity index (χ2n) is 7.22. The number of hydrogen-bond donors (Lipinski definition) is 0. The van der Waals surface area contributed by atoms with Gasteiger partial charge in [0.05, 0.1) is 0 Å². The Morgan fingerprint density at radius 2 is 1.35 bits per heavy atom. The summed E-state index contributed by atoms with van der Waals surface area (Å²) >= 11 is 0. The SMILES string of the molecule is O=C1[C@@H]2[C@@H]3C(=O)C45CC=CCC14C1C5[C@@H]3C[C@H]12. The zero-order valence-electron chi connectivity index (χ0n) is 9.56. The third-order valence-corrected chi connectivity index (χ3v) is 7.63. The van der Waals surface area contributed by atoms with Crippen molar-refractivity contribution in [3.63, 3.8) is 0 Å². The molecule has 6 aliphatic carbocycles. The Balaban J connectivity index is 1.79. The molecule has 0 aromatic carbocycles. The van der Waals surface area contributed by atoms with E-state index in [0.717, 1.165) is 12.8 Å². The standard InChI is InChI=1S/C15H14O2/c16-12-8-6-5-7-9(8)13(17)15-4-2-1-3-14(12,15)10(6)11(7)15/h1-2,6-11H,3-5H2/t6-,7+,8-,9+,10?,11?,14?,15?. The minimum Gasteiger partial charge on any atom is -0.299 e. The lowest BCUT2D eigenvalue weighted by molar-refractivity contribution is -0.191. The highest BCUT2D eigenvalue weighted by Gasteiger charge is 2.95. The smallest absolute Gasteiger partial charge is 0.144 e. The number of carbonyl (C=O) groups is 2. The number of rotatable bonds is 0. The second kappa shape index (κ2) is 1.86. The average molecular weight is 226 g/mol. The average Bonchev–Trinajstić information content (AvgIpc) is 2.86. The van der Waals surface area contributed by atoms with E-state index in [9.17, 15) is 9.59 Å². The Bertz CT molecular complexity index is 513. The quantitative estimate of drug-likeness (QED) is 0.588. The third kappa shape index (κ3) is 0.434. The van der Waals surface area contributed by atoms with Crippen LogP contribution < -0.4 is 0 Å². The van der Waals surface area contributed by atoms with Gasteiger partial charge < -0.3 is 0 Å². The highest BCUT2D eigenvalue weighted by atomic mass is 16.2. The molecule has 2 spiro atoms. The number of Topliss-reactive ketones (excluding diaryl/α,β-unsaturated/α-hetero) is 2. The van der Waals surface area contributed by atoms with E-state index in [-0.39, 0.29) is 22.7 Å². The van der Waals surface area contributed by atoms with E-state index < -0.39 is 0 Å². The minimum absolute atomic E-state index is 0.163. The second-order valence-corrected chi connectivity index (χ2v) is 7.22. The molecule has 6 aliphatic rings. The first kappa shape index (κ1) is 8.23. The predicted molar refractivity (Wildman–Crippen MR) is 58.8 cm³/mol. The molecule has 2 heteroatoms. The molecule has 5 saturated carbocycles. The van der Waals surface area contributed by atoms with Crippen molar-refractivity contribution in [1.82, 2.24) is 0 Å². The fraction of sp³-hybridized carbons (Fsp3) is 0.733. The summed E-state index contributed by atoms with van der Waals surface area (Å²) < 4.78 is 0. The van der Waals surface area contributed by atoms with Crippen molar-refractivity contribution in [1.29, 1.82) is 0 Å². The summed E-state index contributed by atoms with van der Waals surface area (Å²) in [6.45, 7) is 0. The molecule has 17 heavy (non-hydrogen) atoms. The molecular weight excluding hydrogens is 212 g/mol. The molecule has 8 atom stereocenters. The van der Waals surface area contributed by atoms with Crippen LogP contribution in [0, 0.1) is 46.3 Å². The molecule has 5 fully saturated rings. The minimum atomic E-state index is -0.194. The molecule has 0 radical (unpaired) electrons. The summed E-state index contributed by atoms with van der Waals surface area (Å²) in [5.41, 5.74) is -0.388. The number of ketones is 2. The summed E-state index contributed by atoms with van der Waals surface area (Å²) in [7, 11) is 0. The van der Waals surface area contributed by atoms with E-state index in [0.29, 0.717) is 35.2 Å². The van der Waals surface area contributed by atoms with E-state index in [1.54, 1.807) is 0 Å². The van der Waals surface area contributed by atoms with Gasteiger partial charge in [-0.2, -0.15) is 0 Å². The molecule has 0 N–H and O–H groups in total. The van der Waals surface area contributed by atoms with E-state index in [1.165, 1.54) is 6.42 Å². The van der Waals surface area contributed by atoms with E-state index in [4.69, 9.17) is 0 Å². The van der Waals surface area contributed by atoms with Crippen molar-refractivity contribution in [2.75, 3.05) is 0 Å². The van der Waals surface area contributed by atoms with Crippen molar-refractivity contribution < 1.29 is 9.59 Å². The number of carbonyl (C=O) groups excluding carboxylic acids is 2. The van der Waals surface area contributed by atoms with Gasteiger partial charge in [-0.05, 0) is 42.9 Å². The first-order valence-corrected chi connectivity index (χ1v) is 6.99. The molecule has 0 aromatic heterocycles. The van der Waals surface area contributed by atoms with E-state index >= 15 is 0 Å². The van der Waals surface area contributed by atoms with Crippen LogP contribution >= 0.6 is 0 Å². The van der Waals surface area contributed by atoms with Crippen molar-refractivity contribution in [2.24, 2.45) is 46.3 Å². The summed E-state index contributed by atoms with van der Waals surface area (Å²) in [6.07, 6.45) is 7.32. The Hall–Kier alpha value is -0.920. The monoisotopic (exact) mass is 226 g/mol. The largest absolute Gasteiger partial charge is 0.299 e. The zero-order chi connectivity index (χ0) is 11.2. The molecule has 0 heterocycles. The fourth-order valence-corrected chi connectivity index (χ4v) is 7.71. The van der Waals surface area contributed by atoms with Crippen LogP contribution in [0.3, 0.4) is 0 Å². The van der Waals surface area contributed by atoms with Crippen LogP contribution in [0.25, 0.3) is 0 Å². The van der Waals surface area contributed by atoms with Crippen molar-refractivity contribution in [3.05, 3.63) is 12.2 Å². The Kier molecular flexibility index (Phi) is 0.901. The maximum atomic E-state index is 12.8. The summed E-state index contributed by atoms with van der Waals surface area (Å²) in [6, 6.07) is 0. The Morgan fingerprint density at radius 1 is 0.882 bits per heavy atom. The summed E-state index contributed by atoms with van der Waals surface area (Å²) in [5, 5.41) is 0. The van der Waals surface area contributed by atoms with Gasteiger partial charge in [0.2, 0.25) is 0 Å². The van der Waals surface area contributed by atoms with Crippen molar-refractivity contribution in [3.8, 4) is 0 Å². The first-order valence-electron chi connectivity index (χ1n) is 6.99. The van der Waals surface area contributed by atoms with Gasteiger partial charge in [0.1, 0.15) is 11.6 Å². The molecule has 86 valence electrons. The fourth-order valence-electron chi connectivity index (χ4n) is 7.71. The molecule has 0 aromatic rings. The number of hydrogen-bond acceptors (Lipinski definition) is 2. The maximum Gasteiger partial charge on any atom is 0.144 e. The number of fused-ring (bicyclic) bond motifs is 1. The van der Waals surface area contributed by atoms with Crippen LogP contribution in [-0.2, 0) is 9.59 Å². The summed E-state index contributed by atoms with van der Waals surface area (Å²) in [5.74, 6) is 3.78. The maximum absolute atomic E-state index is 12.8. The normalized spacial score (nSPS) is 71.3. The van der Waals surface area contributed by atoms with Gasteiger partial charge >= 0.3 is 0 Å². The molecular formula is C15H14O2. The van der Waals surface area contributed by atoms with Gasteiger partial charge in [-0.1, -0.05) is 12.2 Å². The zero-order valence-corrected chi connectivity index (χ0v) is 9.56. The van der Waals surface area contributed by atoms with Crippen LogP contribution in [0.5, 0.6) is 0 Å². The van der Waals surface area contributed by atoms with Gasteiger partial charge in [-0.25, -0.2) is 0 Å². The molecule has 4 unspecified atom stereocenters. The lowest BCUT2D eigenvalue weighted by Crippen LogP contribution is -2.68.